The Kier molecular flexibility index (Phi) is 5.19. The summed E-state index contributed by atoms with van der Waals surface area (Å²) in [5.41, 5.74) is 5.12. The average Bonchev–Trinajstić information content (AvgIpc) is 2.40. The van der Waals surface area contributed by atoms with Gasteiger partial charge in [0.2, 0.25) is 5.91 Å². The molecular formula is C6H14ClN3O. The van der Waals surface area contributed by atoms with Gasteiger partial charge in [0.15, 0.2) is 0 Å². The quantitative estimate of drug-likeness (QED) is 0.501. The second-order valence-corrected chi connectivity index (χ2v) is 2.46. The minimum absolute atomic E-state index is 0. The highest BCUT2D eigenvalue weighted by molar-refractivity contribution is 5.85. The Bertz CT molecular complexity index is 125. The van der Waals surface area contributed by atoms with E-state index in [4.69, 9.17) is 5.73 Å². The van der Waals surface area contributed by atoms with Gasteiger partial charge in [0, 0.05) is 12.6 Å². The van der Waals surface area contributed by atoms with Gasteiger partial charge in [0.05, 0.1) is 6.54 Å². The van der Waals surface area contributed by atoms with Crippen LogP contribution in [-0.4, -0.2) is 31.6 Å². The first-order valence-electron chi connectivity index (χ1n) is 3.53. The maximum atomic E-state index is 10.7. The molecular weight excluding hydrogens is 166 g/mol. The highest BCUT2D eigenvalue weighted by atomic mass is 35.5. The highest BCUT2D eigenvalue weighted by Gasteiger charge is 2.14. The zero-order chi connectivity index (χ0) is 7.40. The van der Waals surface area contributed by atoms with E-state index in [1.165, 1.54) is 0 Å². The van der Waals surface area contributed by atoms with Gasteiger partial charge < -0.3 is 16.4 Å². The Hall–Kier alpha value is -0.320. The summed E-state index contributed by atoms with van der Waals surface area (Å²) in [4.78, 5) is 10.7. The second-order valence-electron chi connectivity index (χ2n) is 2.46. The summed E-state index contributed by atoms with van der Waals surface area (Å²) in [7, 11) is 0. The zero-order valence-electron chi connectivity index (χ0n) is 6.30. The fourth-order valence-corrected chi connectivity index (χ4v) is 1.06. The van der Waals surface area contributed by atoms with E-state index < -0.39 is 0 Å². The molecule has 0 aliphatic carbocycles. The zero-order valence-corrected chi connectivity index (χ0v) is 7.12. The number of carbonyl (C=O) groups is 1. The molecule has 4 N–H and O–H groups in total. The maximum Gasteiger partial charge on any atom is 0.233 e. The van der Waals surface area contributed by atoms with Gasteiger partial charge in [-0.3, -0.25) is 4.79 Å². The van der Waals surface area contributed by atoms with E-state index in [2.05, 4.69) is 10.6 Å². The number of hydrogen-bond donors (Lipinski definition) is 3. The molecule has 1 rings (SSSR count). The van der Waals surface area contributed by atoms with Crippen LogP contribution in [0.25, 0.3) is 0 Å². The number of hydrogen-bond acceptors (Lipinski definition) is 3. The van der Waals surface area contributed by atoms with Crippen molar-refractivity contribution in [1.29, 1.82) is 0 Å². The lowest BCUT2D eigenvalue weighted by Crippen LogP contribution is -2.39. The molecule has 0 spiro atoms. The molecule has 1 unspecified atom stereocenters. The fraction of sp³-hybridized carbons (Fsp3) is 0.833. The summed E-state index contributed by atoms with van der Waals surface area (Å²) >= 11 is 0. The van der Waals surface area contributed by atoms with E-state index in [0.29, 0.717) is 6.04 Å². The molecule has 1 heterocycles. The lowest BCUT2D eigenvalue weighted by atomic mass is 10.2. The van der Waals surface area contributed by atoms with Crippen LogP contribution < -0.4 is 16.4 Å². The SMILES string of the molecule is Cl.NCC(=O)NC1CCNC1. The van der Waals surface area contributed by atoms with E-state index in [1.54, 1.807) is 0 Å². The van der Waals surface area contributed by atoms with E-state index in [-0.39, 0.29) is 24.9 Å². The van der Waals surface area contributed by atoms with E-state index in [1.807, 2.05) is 0 Å². The monoisotopic (exact) mass is 179 g/mol. The van der Waals surface area contributed by atoms with Crippen LogP contribution in [0.4, 0.5) is 0 Å². The maximum absolute atomic E-state index is 10.7. The molecule has 1 saturated heterocycles. The number of nitrogens with two attached hydrogens (primary N) is 1. The topological polar surface area (TPSA) is 67.2 Å². The third kappa shape index (κ3) is 3.55. The molecule has 1 amide bonds. The number of carbonyl (C=O) groups excluding carboxylic acids is 1. The van der Waals surface area contributed by atoms with Crippen molar-refractivity contribution in [2.24, 2.45) is 5.73 Å². The predicted octanol–water partition coefficient (Wildman–Crippen LogP) is -1.15. The third-order valence-electron chi connectivity index (χ3n) is 1.61. The van der Waals surface area contributed by atoms with E-state index >= 15 is 0 Å². The Morgan fingerprint density at radius 3 is 2.91 bits per heavy atom. The predicted molar refractivity (Wildman–Crippen MR) is 45.7 cm³/mol. The lowest BCUT2D eigenvalue weighted by molar-refractivity contribution is -0.120. The summed E-state index contributed by atoms with van der Waals surface area (Å²) in [6.07, 6.45) is 1.02. The van der Waals surface area contributed by atoms with Gasteiger partial charge in [-0.2, -0.15) is 0 Å². The van der Waals surface area contributed by atoms with E-state index in [9.17, 15) is 4.79 Å². The Morgan fingerprint density at radius 2 is 2.45 bits per heavy atom. The van der Waals surface area contributed by atoms with E-state index in [0.717, 1.165) is 19.5 Å². The molecule has 0 aromatic carbocycles. The summed E-state index contributed by atoms with van der Waals surface area (Å²) in [5, 5.41) is 5.95. The van der Waals surface area contributed by atoms with Crippen molar-refractivity contribution < 1.29 is 4.79 Å². The molecule has 11 heavy (non-hydrogen) atoms. The van der Waals surface area contributed by atoms with Crippen LogP contribution in [0.15, 0.2) is 0 Å². The van der Waals surface area contributed by atoms with Gasteiger partial charge in [0.1, 0.15) is 0 Å². The number of amides is 1. The van der Waals surface area contributed by atoms with Crippen LogP contribution in [-0.2, 0) is 4.79 Å². The van der Waals surface area contributed by atoms with Crippen LogP contribution in [0.5, 0.6) is 0 Å². The average molecular weight is 180 g/mol. The molecule has 5 heteroatoms. The molecule has 0 aromatic rings. The number of nitrogens with one attached hydrogen (secondary N) is 2. The van der Waals surface area contributed by atoms with Gasteiger partial charge in [-0.05, 0) is 13.0 Å². The van der Waals surface area contributed by atoms with Gasteiger partial charge in [-0.15, -0.1) is 12.4 Å². The molecule has 1 aliphatic rings. The Morgan fingerprint density at radius 1 is 1.73 bits per heavy atom. The Labute approximate surface area is 72.3 Å². The lowest BCUT2D eigenvalue weighted by Gasteiger charge is -2.08. The summed E-state index contributed by atoms with van der Waals surface area (Å²) in [6.45, 7) is 1.97. The minimum Gasteiger partial charge on any atom is -0.351 e. The standard InChI is InChI=1S/C6H13N3O.ClH/c7-3-6(10)9-5-1-2-8-4-5;/h5,8H,1-4,7H2,(H,9,10);1H. The third-order valence-corrected chi connectivity index (χ3v) is 1.61. The first-order valence-corrected chi connectivity index (χ1v) is 3.53. The number of rotatable bonds is 2. The highest BCUT2D eigenvalue weighted by Crippen LogP contribution is 1.95. The van der Waals surface area contributed by atoms with Crippen LogP contribution in [0.2, 0.25) is 0 Å². The molecule has 1 atom stereocenters. The molecule has 4 nitrogen and oxygen atoms in total. The van der Waals surface area contributed by atoms with Crippen molar-refractivity contribution in [3.63, 3.8) is 0 Å². The van der Waals surface area contributed by atoms with Gasteiger partial charge in [0.25, 0.3) is 0 Å². The summed E-state index contributed by atoms with van der Waals surface area (Å²) in [5.74, 6) is -0.0614. The summed E-state index contributed by atoms with van der Waals surface area (Å²) in [6, 6.07) is 0.302. The molecule has 1 aliphatic heterocycles. The van der Waals surface area contributed by atoms with Crippen molar-refractivity contribution in [1.82, 2.24) is 10.6 Å². The molecule has 0 aromatic heterocycles. The van der Waals surface area contributed by atoms with Gasteiger partial charge >= 0.3 is 0 Å². The summed E-state index contributed by atoms with van der Waals surface area (Å²) < 4.78 is 0. The molecule has 66 valence electrons. The smallest absolute Gasteiger partial charge is 0.233 e. The van der Waals surface area contributed by atoms with Gasteiger partial charge in [-0.1, -0.05) is 0 Å². The number of halogens is 1. The van der Waals surface area contributed by atoms with Crippen molar-refractivity contribution in [3.8, 4) is 0 Å². The largest absolute Gasteiger partial charge is 0.351 e. The fourth-order valence-electron chi connectivity index (χ4n) is 1.06. The van der Waals surface area contributed by atoms with Crippen LogP contribution in [0, 0.1) is 0 Å². The van der Waals surface area contributed by atoms with Gasteiger partial charge in [-0.25, -0.2) is 0 Å². The molecule has 0 saturated carbocycles. The van der Waals surface area contributed by atoms with Crippen LogP contribution in [0.3, 0.4) is 0 Å². The van der Waals surface area contributed by atoms with Crippen LogP contribution in [0.1, 0.15) is 6.42 Å². The molecule has 1 fully saturated rings. The van der Waals surface area contributed by atoms with Crippen molar-refractivity contribution in [2.45, 2.75) is 12.5 Å². The van der Waals surface area contributed by atoms with Crippen molar-refractivity contribution >= 4 is 18.3 Å². The molecule has 0 bridgehead atoms. The Balaban J connectivity index is 0.000001000. The normalized spacial score (nSPS) is 22.5. The van der Waals surface area contributed by atoms with Crippen molar-refractivity contribution in [3.05, 3.63) is 0 Å². The van der Waals surface area contributed by atoms with Crippen molar-refractivity contribution in [2.75, 3.05) is 19.6 Å². The minimum atomic E-state index is -0.0614. The first-order chi connectivity index (χ1) is 4.83. The molecule has 0 radical (unpaired) electrons. The first kappa shape index (κ1) is 10.7. The van der Waals surface area contributed by atoms with Crippen LogP contribution >= 0.6 is 12.4 Å². The second kappa shape index (κ2) is 5.35.